The standard InChI is InChI=1S/C19H22N6/c1-3-5-11-16-21-18-15(13-20-24(18)12-4-2)19-22-17(23-25(16)19)14-9-7-6-8-10-14/h6-10,13H,3-5,11-12H2,1-2H3. The second-order valence-corrected chi connectivity index (χ2v) is 6.27. The zero-order valence-electron chi connectivity index (χ0n) is 14.7. The number of aromatic nitrogens is 6. The topological polar surface area (TPSA) is 60.9 Å². The van der Waals surface area contributed by atoms with Crippen LogP contribution in [0, 0.1) is 0 Å². The predicted molar refractivity (Wildman–Crippen MR) is 98.4 cm³/mol. The Morgan fingerprint density at radius 1 is 0.960 bits per heavy atom. The highest BCUT2D eigenvalue weighted by molar-refractivity contribution is 5.89. The summed E-state index contributed by atoms with van der Waals surface area (Å²) in [4.78, 5) is 9.70. The molecule has 25 heavy (non-hydrogen) atoms. The molecule has 0 aliphatic carbocycles. The molecule has 4 aromatic rings. The summed E-state index contributed by atoms with van der Waals surface area (Å²) in [6.45, 7) is 5.20. The zero-order chi connectivity index (χ0) is 17.2. The van der Waals surface area contributed by atoms with E-state index in [1.54, 1.807) is 0 Å². The van der Waals surface area contributed by atoms with E-state index >= 15 is 0 Å². The van der Waals surface area contributed by atoms with Gasteiger partial charge >= 0.3 is 0 Å². The van der Waals surface area contributed by atoms with Crippen molar-refractivity contribution in [1.82, 2.24) is 29.4 Å². The highest BCUT2D eigenvalue weighted by Crippen LogP contribution is 2.23. The molecule has 0 fully saturated rings. The molecule has 128 valence electrons. The number of aryl methyl sites for hydroxylation is 2. The molecule has 0 aliphatic heterocycles. The maximum absolute atomic E-state index is 4.89. The molecule has 4 rings (SSSR count). The van der Waals surface area contributed by atoms with Gasteiger partial charge in [0.1, 0.15) is 5.82 Å². The number of unbranched alkanes of at least 4 members (excludes halogenated alkanes) is 1. The van der Waals surface area contributed by atoms with Crippen LogP contribution in [0.4, 0.5) is 0 Å². The molecule has 0 saturated carbocycles. The molecule has 0 atom stereocenters. The van der Waals surface area contributed by atoms with E-state index < -0.39 is 0 Å². The lowest BCUT2D eigenvalue weighted by Gasteiger charge is -2.05. The van der Waals surface area contributed by atoms with Gasteiger partial charge in [-0.1, -0.05) is 50.6 Å². The first kappa shape index (κ1) is 15.7. The second kappa shape index (κ2) is 6.63. The Balaban J connectivity index is 1.95. The van der Waals surface area contributed by atoms with Gasteiger partial charge in [-0.05, 0) is 12.8 Å². The summed E-state index contributed by atoms with van der Waals surface area (Å²) in [6.07, 6.45) is 5.97. The van der Waals surface area contributed by atoms with Crippen molar-refractivity contribution in [2.75, 3.05) is 0 Å². The fraction of sp³-hybridized carbons (Fsp3) is 0.368. The van der Waals surface area contributed by atoms with Gasteiger partial charge < -0.3 is 0 Å². The third-order valence-corrected chi connectivity index (χ3v) is 4.36. The maximum atomic E-state index is 4.89. The van der Waals surface area contributed by atoms with Gasteiger partial charge in [-0.25, -0.2) is 14.6 Å². The number of hydrogen-bond donors (Lipinski definition) is 0. The fourth-order valence-corrected chi connectivity index (χ4v) is 3.07. The average Bonchev–Trinajstić information content (AvgIpc) is 3.25. The van der Waals surface area contributed by atoms with Gasteiger partial charge in [-0.2, -0.15) is 9.61 Å². The normalized spacial score (nSPS) is 11.6. The molecule has 1 aromatic carbocycles. The Morgan fingerprint density at radius 3 is 2.56 bits per heavy atom. The van der Waals surface area contributed by atoms with E-state index in [1.807, 2.05) is 45.7 Å². The number of benzene rings is 1. The van der Waals surface area contributed by atoms with Gasteiger partial charge in [0.05, 0.1) is 11.6 Å². The summed E-state index contributed by atoms with van der Waals surface area (Å²) < 4.78 is 3.87. The molecular formula is C19H22N6. The molecule has 3 aromatic heterocycles. The lowest BCUT2D eigenvalue weighted by atomic mass is 10.2. The van der Waals surface area contributed by atoms with Crippen LogP contribution in [0.3, 0.4) is 0 Å². The molecule has 0 amide bonds. The molecule has 0 unspecified atom stereocenters. The Kier molecular flexibility index (Phi) is 4.17. The third kappa shape index (κ3) is 2.77. The average molecular weight is 334 g/mol. The number of fused-ring (bicyclic) bond motifs is 3. The van der Waals surface area contributed by atoms with Crippen molar-refractivity contribution in [3.8, 4) is 11.4 Å². The van der Waals surface area contributed by atoms with Gasteiger partial charge in [0.2, 0.25) is 0 Å². The van der Waals surface area contributed by atoms with Gasteiger partial charge in [-0.3, -0.25) is 0 Å². The van der Waals surface area contributed by atoms with Crippen LogP contribution in [-0.2, 0) is 13.0 Å². The molecular weight excluding hydrogens is 312 g/mol. The molecule has 0 N–H and O–H groups in total. The van der Waals surface area contributed by atoms with Crippen molar-refractivity contribution in [1.29, 1.82) is 0 Å². The van der Waals surface area contributed by atoms with Crippen LogP contribution in [-0.4, -0.2) is 29.4 Å². The van der Waals surface area contributed by atoms with Gasteiger partial charge in [0.25, 0.3) is 0 Å². The molecule has 3 heterocycles. The minimum Gasteiger partial charge on any atom is -0.247 e. The van der Waals surface area contributed by atoms with E-state index in [1.165, 1.54) is 0 Å². The van der Waals surface area contributed by atoms with Gasteiger partial charge in [0.15, 0.2) is 17.1 Å². The number of rotatable bonds is 6. The molecule has 6 heteroatoms. The summed E-state index contributed by atoms with van der Waals surface area (Å²) in [6, 6.07) is 10.1. The van der Waals surface area contributed by atoms with Crippen LogP contribution < -0.4 is 0 Å². The first-order valence-electron chi connectivity index (χ1n) is 8.98. The van der Waals surface area contributed by atoms with Crippen molar-refractivity contribution in [3.05, 3.63) is 42.4 Å². The molecule has 0 bridgehead atoms. The van der Waals surface area contributed by atoms with Gasteiger partial charge in [0, 0.05) is 18.5 Å². The van der Waals surface area contributed by atoms with Crippen LogP contribution in [0.5, 0.6) is 0 Å². The maximum Gasteiger partial charge on any atom is 0.182 e. The molecule has 0 saturated heterocycles. The largest absolute Gasteiger partial charge is 0.247 e. The Morgan fingerprint density at radius 2 is 1.80 bits per heavy atom. The third-order valence-electron chi connectivity index (χ3n) is 4.36. The van der Waals surface area contributed by atoms with Gasteiger partial charge in [-0.15, -0.1) is 5.10 Å². The number of hydrogen-bond acceptors (Lipinski definition) is 4. The van der Waals surface area contributed by atoms with E-state index in [0.29, 0.717) is 0 Å². The van der Waals surface area contributed by atoms with E-state index in [0.717, 1.165) is 66.1 Å². The second-order valence-electron chi connectivity index (χ2n) is 6.27. The van der Waals surface area contributed by atoms with Crippen LogP contribution >= 0.6 is 0 Å². The summed E-state index contributed by atoms with van der Waals surface area (Å²) in [5.41, 5.74) is 2.77. The van der Waals surface area contributed by atoms with E-state index in [9.17, 15) is 0 Å². The fourth-order valence-electron chi connectivity index (χ4n) is 3.07. The Bertz CT molecular complexity index is 999. The molecule has 0 spiro atoms. The van der Waals surface area contributed by atoms with E-state index in [2.05, 4.69) is 18.9 Å². The smallest absolute Gasteiger partial charge is 0.182 e. The summed E-state index contributed by atoms with van der Waals surface area (Å²) >= 11 is 0. The van der Waals surface area contributed by atoms with Crippen LogP contribution in [0.1, 0.15) is 38.9 Å². The highest BCUT2D eigenvalue weighted by Gasteiger charge is 2.17. The summed E-state index contributed by atoms with van der Waals surface area (Å²) in [7, 11) is 0. The first-order chi connectivity index (χ1) is 12.3. The first-order valence-corrected chi connectivity index (χ1v) is 8.98. The lowest BCUT2D eigenvalue weighted by molar-refractivity contribution is 0.613. The predicted octanol–water partition coefficient (Wildman–Crippen LogP) is 3.89. The quantitative estimate of drug-likeness (QED) is 0.536. The molecule has 0 radical (unpaired) electrons. The minimum atomic E-state index is 0.732. The van der Waals surface area contributed by atoms with E-state index in [4.69, 9.17) is 15.1 Å². The summed E-state index contributed by atoms with van der Waals surface area (Å²) in [5, 5.41) is 10.2. The SMILES string of the molecule is CCCCc1nc2c(cnn2CCC)c2nc(-c3ccccc3)nn12. The highest BCUT2D eigenvalue weighted by atomic mass is 15.4. The summed E-state index contributed by atoms with van der Waals surface area (Å²) in [5.74, 6) is 1.69. The van der Waals surface area contributed by atoms with E-state index in [-0.39, 0.29) is 0 Å². The van der Waals surface area contributed by atoms with Crippen molar-refractivity contribution < 1.29 is 0 Å². The minimum absolute atomic E-state index is 0.732. The van der Waals surface area contributed by atoms with Crippen molar-refractivity contribution in [3.63, 3.8) is 0 Å². The molecule has 0 aliphatic rings. The zero-order valence-corrected chi connectivity index (χ0v) is 14.7. The van der Waals surface area contributed by atoms with Crippen LogP contribution in [0.15, 0.2) is 36.5 Å². The van der Waals surface area contributed by atoms with Crippen molar-refractivity contribution in [2.45, 2.75) is 46.1 Å². The van der Waals surface area contributed by atoms with Crippen molar-refractivity contribution >= 4 is 16.7 Å². The van der Waals surface area contributed by atoms with Crippen LogP contribution in [0.25, 0.3) is 28.1 Å². The Labute approximate surface area is 146 Å². The van der Waals surface area contributed by atoms with Crippen LogP contribution in [0.2, 0.25) is 0 Å². The van der Waals surface area contributed by atoms with Crippen molar-refractivity contribution in [2.24, 2.45) is 0 Å². The lowest BCUT2D eigenvalue weighted by Crippen LogP contribution is -2.06. The Hall–Kier alpha value is -2.76. The molecule has 6 nitrogen and oxygen atoms in total. The number of nitrogens with zero attached hydrogens (tertiary/aromatic N) is 6. The monoisotopic (exact) mass is 334 g/mol.